The van der Waals surface area contributed by atoms with E-state index < -0.39 is 0 Å². The molecule has 2 radical (unpaired) electrons. The highest BCUT2D eigenvalue weighted by molar-refractivity contribution is 6.11. The average Bonchev–Trinajstić information content (AvgIpc) is 2.14. The van der Waals surface area contributed by atoms with E-state index in [2.05, 4.69) is 13.8 Å². The van der Waals surface area contributed by atoms with Crippen molar-refractivity contribution in [3.05, 3.63) is 0 Å². The Morgan fingerprint density at radius 1 is 1.44 bits per heavy atom. The van der Waals surface area contributed by atoms with Gasteiger partial charge in [-0.2, -0.15) is 0 Å². The fraction of sp³-hybridized carbons (Fsp3) is 1.00. The molecule has 1 fully saturated rings. The van der Waals surface area contributed by atoms with E-state index in [9.17, 15) is 0 Å². The molecule has 9 heavy (non-hydrogen) atoms. The van der Waals surface area contributed by atoms with E-state index in [1.807, 2.05) is 0 Å². The van der Waals surface area contributed by atoms with E-state index in [0.29, 0.717) is 5.82 Å². The predicted molar refractivity (Wildman–Crippen MR) is 41.7 cm³/mol. The SMILES string of the molecule is [B]C(C)C1CCC(C)C1. The predicted octanol–water partition coefficient (Wildman–Crippen LogP) is 2.40. The molecule has 50 valence electrons. The molecule has 1 aliphatic carbocycles. The smallest absolute Gasteiger partial charge is 0.0699 e. The quantitative estimate of drug-likeness (QED) is 0.468. The molecule has 1 saturated carbocycles. The number of hydrogen-bond acceptors (Lipinski definition) is 0. The average molecular weight is 122 g/mol. The van der Waals surface area contributed by atoms with Gasteiger partial charge in [-0.15, -0.1) is 0 Å². The van der Waals surface area contributed by atoms with Crippen LogP contribution in [-0.4, -0.2) is 7.85 Å². The fourth-order valence-corrected chi connectivity index (χ4v) is 1.73. The maximum absolute atomic E-state index is 5.76. The second-order valence-corrected chi connectivity index (χ2v) is 3.54. The summed E-state index contributed by atoms with van der Waals surface area (Å²) in [5.41, 5.74) is 0. The van der Waals surface area contributed by atoms with E-state index >= 15 is 0 Å². The lowest BCUT2D eigenvalue weighted by atomic mass is 9.77. The third-order valence-corrected chi connectivity index (χ3v) is 2.48. The molecule has 0 nitrogen and oxygen atoms in total. The molecule has 0 saturated heterocycles. The molecule has 0 heterocycles. The van der Waals surface area contributed by atoms with Gasteiger partial charge in [-0.1, -0.05) is 32.5 Å². The molecule has 0 aromatic rings. The van der Waals surface area contributed by atoms with E-state index in [-0.39, 0.29) is 0 Å². The van der Waals surface area contributed by atoms with Crippen LogP contribution in [-0.2, 0) is 0 Å². The minimum atomic E-state index is 0.426. The summed E-state index contributed by atoms with van der Waals surface area (Å²) >= 11 is 0. The Bertz CT molecular complexity index is 88.6. The minimum absolute atomic E-state index is 0.426. The third kappa shape index (κ3) is 1.74. The topological polar surface area (TPSA) is 0 Å². The summed E-state index contributed by atoms with van der Waals surface area (Å²) in [5.74, 6) is 2.18. The van der Waals surface area contributed by atoms with E-state index in [4.69, 9.17) is 7.85 Å². The molecule has 0 amide bonds. The largest absolute Gasteiger partial charge is 0.0774 e. The monoisotopic (exact) mass is 122 g/mol. The van der Waals surface area contributed by atoms with Gasteiger partial charge in [-0.05, 0) is 18.3 Å². The number of hydrogen-bond donors (Lipinski definition) is 0. The van der Waals surface area contributed by atoms with Crippen molar-refractivity contribution in [1.82, 2.24) is 0 Å². The summed E-state index contributed by atoms with van der Waals surface area (Å²) in [4.78, 5) is 0. The van der Waals surface area contributed by atoms with Crippen LogP contribution < -0.4 is 0 Å². The Morgan fingerprint density at radius 3 is 2.33 bits per heavy atom. The van der Waals surface area contributed by atoms with Crippen molar-refractivity contribution < 1.29 is 0 Å². The highest BCUT2D eigenvalue weighted by atomic mass is 14.3. The van der Waals surface area contributed by atoms with Gasteiger partial charge in [0.2, 0.25) is 0 Å². The molecule has 0 aliphatic heterocycles. The highest BCUT2D eigenvalue weighted by Gasteiger charge is 2.22. The lowest BCUT2D eigenvalue weighted by molar-refractivity contribution is 0.501. The molecule has 0 bridgehead atoms. The van der Waals surface area contributed by atoms with Gasteiger partial charge in [0.05, 0.1) is 7.85 Å². The van der Waals surface area contributed by atoms with Crippen LogP contribution >= 0.6 is 0 Å². The fourth-order valence-electron chi connectivity index (χ4n) is 1.73. The van der Waals surface area contributed by atoms with Crippen LogP contribution in [0.15, 0.2) is 0 Å². The van der Waals surface area contributed by atoms with Crippen molar-refractivity contribution in [2.24, 2.45) is 11.8 Å². The normalized spacial score (nSPS) is 38.9. The first-order valence-electron chi connectivity index (χ1n) is 3.95. The van der Waals surface area contributed by atoms with Gasteiger partial charge in [0.25, 0.3) is 0 Å². The first kappa shape index (κ1) is 7.18. The Kier molecular flexibility index (Phi) is 2.20. The van der Waals surface area contributed by atoms with Crippen molar-refractivity contribution in [1.29, 1.82) is 0 Å². The van der Waals surface area contributed by atoms with Crippen LogP contribution in [0.5, 0.6) is 0 Å². The summed E-state index contributed by atoms with van der Waals surface area (Å²) in [6.07, 6.45) is 4.11. The summed E-state index contributed by atoms with van der Waals surface area (Å²) < 4.78 is 0. The van der Waals surface area contributed by atoms with Gasteiger partial charge in [0, 0.05) is 0 Å². The summed E-state index contributed by atoms with van der Waals surface area (Å²) in [5, 5.41) is 0. The lowest BCUT2D eigenvalue weighted by Crippen LogP contribution is -2.01. The molecular formula is C8H15B. The van der Waals surface area contributed by atoms with Crippen molar-refractivity contribution in [3.63, 3.8) is 0 Å². The van der Waals surface area contributed by atoms with E-state index in [0.717, 1.165) is 11.8 Å². The zero-order chi connectivity index (χ0) is 6.85. The third-order valence-electron chi connectivity index (χ3n) is 2.48. The maximum Gasteiger partial charge on any atom is 0.0699 e. The molecule has 0 aromatic carbocycles. The second kappa shape index (κ2) is 2.77. The second-order valence-electron chi connectivity index (χ2n) is 3.54. The molecule has 0 aromatic heterocycles. The lowest BCUT2D eigenvalue weighted by Gasteiger charge is -2.12. The molecule has 1 heteroatoms. The van der Waals surface area contributed by atoms with Gasteiger partial charge in [-0.25, -0.2) is 0 Å². The minimum Gasteiger partial charge on any atom is -0.0774 e. The van der Waals surface area contributed by atoms with Crippen LogP contribution in [0, 0.1) is 11.8 Å². The van der Waals surface area contributed by atoms with Crippen LogP contribution in [0.2, 0.25) is 5.82 Å². The van der Waals surface area contributed by atoms with Gasteiger partial charge >= 0.3 is 0 Å². The Hall–Kier alpha value is 0.0649. The standard InChI is InChI=1S/C8H15B/c1-6-3-4-8(5-6)7(2)9/h6-8H,3-5H2,1-2H3. The van der Waals surface area contributed by atoms with E-state index in [1.165, 1.54) is 19.3 Å². The first-order chi connectivity index (χ1) is 4.20. The molecule has 1 aliphatic rings. The van der Waals surface area contributed by atoms with Gasteiger partial charge < -0.3 is 0 Å². The van der Waals surface area contributed by atoms with Gasteiger partial charge in [0.15, 0.2) is 0 Å². The van der Waals surface area contributed by atoms with Crippen molar-refractivity contribution >= 4 is 7.85 Å². The molecule has 1 rings (SSSR count). The maximum atomic E-state index is 5.76. The first-order valence-corrected chi connectivity index (χ1v) is 3.95. The number of rotatable bonds is 1. The molecule has 0 spiro atoms. The Morgan fingerprint density at radius 2 is 2.11 bits per heavy atom. The van der Waals surface area contributed by atoms with Crippen LogP contribution in [0.3, 0.4) is 0 Å². The van der Waals surface area contributed by atoms with Crippen molar-refractivity contribution in [2.75, 3.05) is 0 Å². The van der Waals surface area contributed by atoms with Crippen molar-refractivity contribution in [2.45, 2.75) is 38.9 Å². The van der Waals surface area contributed by atoms with Crippen molar-refractivity contribution in [3.8, 4) is 0 Å². The zero-order valence-corrected chi connectivity index (χ0v) is 6.43. The summed E-state index contributed by atoms with van der Waals surface area (Å²) in [7, 11) is 5.76. The zero-order valence-electron chi connectivity index (χ0n) is 6.43. The van der Waals surface area contributed by atoms with E-state index in [1.54, 1.807) is 0 Å². The van der Waals surface area contributed by atoms with Crippen LogP contribution in [0.1, 0.15) is 33.1 Å². The molecule has 3 atom stereocenters. The van der Waals surface area contributed by atoms with Gasteiger partial charge in [0.1, 0.15) is 0 Å². The molecule has 3 unspecified atom stereocenters. The van der Waals surface area contributed by atoms with Crippen LogP contribution in [0.25, 0.3) is 0 Å². The van der Waals surface area contributed by atoms with Crippen LogP contribution in [0.4, 0.5) is 0 Å². The van der Waals surface area contributed by atoms with Gasteiger partial charge in [-0.3, -0.25) is 0 Å². The Labute approximate surface area is 59.4 Å². The summed E-state index contributed by atoms with van der Waals surface area (Å²) in [6, 6.07) is 0. The molecule has 0 N–H and O–H groups in total. The molecular weight excluding hydrogens is 107 g/mol. The highest BCUT2D eigenvalue weighted by Crippen LogP contribution is 2.36. The summed E-state index contributed by atoms with van der Waals surface area (Å²) in [6.45, 7) is 4.45. The Balaban J connectivity index is 2.30.